The highest BCUT2D eigenvalue weighted by Crippen LogP contribution is 2.30. The molecule has 1 N–H and O–H groups in total. The molecule has 0 bridgehead atoms. The van der Waals surface area contributed by atoms with Crippen LogP contribution in [0, 0.1) is 5.92 Å². The van der Waals surface area contributed by atoms with E-state index in [4.69, 9.17) is 16.3 Å². The number of hydrogen-bond donors (Lipinski definition) is 1. The van der Waals surface area contributed by atoms with Gasteiger partial charge < -0.3 is 10.1 Å². The third-order valence-corrected chi connectivity index (χ3v) is 3.28. The van der Waals surface area contributed by atoms with Gasteiger partial charge in [-0.3, -0.25) is 9.78 Å². The molecule has 0 aromatic carbocycles. The lowest BCUT2D eigenvalue weighted by atomic mass is 9.92. The van der Waals surface area contributed by atoms with E-state index in [9.17, 15) is 4.79 Å². The smallest absolute Gasteiger partial charge is 0.311 e. The standard InChI is InChI=1S/C14H19ClN2O2/c1-14(2,3)19-13(18)11-8-16-7-10(11)12-6-9(15)4-5-17-12/h4-6,10-11,16H,7-8H2,1-3H3. The van der Waals surface area contributed by atoms with Gasteiger partial charge >= 0.3 is 5.97 Å². The van der Waals surface area contributed by atoms with Gasteiger partial charge in [-0.1, -0.05) is 11.6 Å². The minimum atomic E-state index is -0.466. The van der Waals surface area contributed by atoms with E-state index in [-0.39, 0.29) is 17.8 Å². The predicted octanol–water partition coefficient (Wildman–Crippen LogP) is 2.38. The molecule has 4 nitrogen and oxygen atoms in total. The number of nitrogens with zero attached hydrogens (tertiary/aromatic N) is 1. The van der Waals surface area contributed by atoms with Gasteiger partial charge in [0, 0.05) is 35.9 Å². The van der Waals surface area contributed by atoms with Crippen LogP contribution in [0.2, 0.25) is 5.02 Å². The van der Waals surface area contributed by atoms with Crippen LogP contribution in [-0.2, 0) is 9.53 Å². The van der Waals surface area contributed by atoms with Crippen LogP contribution in [0.15, 0.2) is 18.3 Å². The number of halogens is 1. The van der Waals surface area contributed by atoms with Crippen LogP contribution in [0.5, 0.6) is 0 Å². The van der Waals surface area contributed by atoms with Gasteiger partial charge in [0.25, 0.3) is 0 Å². The quantitative estimate of drug-likeness (QED) is 0.846. The number of esters is 1. The number of hydrogen-bond acceptors (Lipinski definition) is 4. The van der Waals surface area contributed by atoms with E-state index >= 15 is 0 Å². The molecule has 2 heterocycles. The molecule has 0 aliphatic carbocycles. The Kier molecular flexibility index (Phi) is 4.11. The van der Waals surface area contributed by atoms with Crippen molar-refractivity contribution in [1.82, 2.24) is 10.3 Å². The molecule has 1 aliphatic rings. The Morgan fingerprint density at radius 2 is 2.21 bits per heavy atom. The van der Waals surface area contributed by atoms with Gasteiger partial charge in [-0.15, -0.1) is 0 Å². The van der Waals surface area contributed by atoms with Gasteiger partial charge in [-0.2, -0.15) is 0 Å². The van der Waals surface area contributed by atoms with Crippen molar-refractivity contribution >= 4 is 17.6 Å². The van der Waals surface area contributed by atoms with E-state index in [1.165, 1.54) is 0 Å². The summed E-state index contributed by atoms with van der Waals surface area (Å²) in [5, 5.41) is 3.86. The van der Waals surface area contributed by atoms with Crippen molar-refractivity contribution in [2.45, 2.75) is 32.3 Å². The Bertz CT molecular complexity index is 471. The van der Waals surface area contributed by atoms with E-state index in [1.807, 2.05) is 26.8 Å². The molecule has 0 spiro atoms. The SMILES string of the molecule is CC(C)(C)OC(=O)C1CNCC1c1cc(Cl)ccn1. The fourth-order valence-corrected chi connectivity index (χ4v) is 2.41. The van der Waals surface area contributed by atoms with E-state index in [0.29, 0.717) is 11.6 Å². The molecular formula is C14H19ClN2O2. The van der Waals surface area contributed by atoms with Crippen LogP contribution < -0.4 is 5.32 Å². The molecule has 2 rings (SSSR count). The number of pyridine rings is 1. The molecule has 19 heavy (non-hydrogen) atoms. The van der Waals surface area contributed by atoms with Crippen molar-refractivity contribution in [2.75, 3.05) is 13.1 Å². The molecule has 0 amide bonds. The predicted molar refractivity (Wildman–Crippen MR) is 74.2 cm³/mol. The monoisotopic (exact) mass is 282 g/mol. The summed E-state index contributed by atoms with van der Waals surface area (Å²) >= 11 is 5.98. The van der Waals surface area contributed by atoms with Crippen molar-refractivity contribution in [3.63, 3.8) is 0 Å². The zero-order valence-corrected chi connectivity index (χ0v) is 12.2. The first-order chi connectivity index (χ1) is 8.87. The van der Waals surface area contributed by atoms with E-state index in [2.05, 4.69) is 10.3 Å². The fourth-order valence-electron chi connectivity index (χ4n) is 2.24. The molecule has 1 aromatic rings. The van der Waals surface area contributed by atoms with Crippen LogP contribution in [0.25, 0.3) is 0 Å². The highest BCUT2D eigenvalue weighted by atomic mass is 35.5. The summed E-state index contributed by atoms with van der Waals surface area (Å²) < 4.78 is 5.46. The van der Waals surface area contributed by atoms with Crippen molar-refractivity contribution < 1.29 is 9.53 Å². The summed E-state index contributed by atoms with van der Waals surface area (Å²) in [5.74, 6) is -0.358. The molecule has 1 fully saturated rings. The molecule has 104 valence electrons. The number of carbonyl (C=O) groups is 1. The molecule has 2 atom stereocenters. The first-order valence-electron chi connectivity index (χ1n) is 6.42. The van der Waals surface area contributed by atoms with Gasteiger partial charge in [0.2, 0.25) is 0 Å². The van der Waals surface area contributed by atoms with Crippen LogP contribution in [-0.4, -0.2) is 29.6 Å². The van der Waals surface area contributed by atoms with Crippen LogP contribution in [0.3, 0.4) is 0 Å². The summed E-state index contributed by atoms with van der Waals surface area (Å²) in [7, 11) is 0. The van der Waals surface area contributed by atoms with Crippen molar-refractivity contribution in [3.05, 3.63) is 29.0 Å². The Morgan fingerprint density at radius 1 is 1.47 bits per heavy atom. The number of ether oxygens (including phenoxy) is 1. The highest BCUT2D eigenvalue weighted by Gasteiger charge is 2.37. The summed E-state index contributed by atoms with van der Waals surface area (Å²) in [6.45, 7) is 6.96. The number of carbonyl (C=O) groups excluding carboxylic acids is 1. The maximum Gasteiger partial charge on any atom is 0.311 e. The van der Waals surface area contributed by atoms with Crippen molar-refractivity contribution in [3.8, 4) is 0 Å². The lowest BCUT2D eigenvalue weighted by molar-refractivity contribution is -0.159. The topological polar surface area (TPSA) is 51.2 Å². The first-order valence-corrected chi connectivity index (χ1v) is 6.79. The number of rotatable bonds is 2. The third kappa shape index (κ3) is 3.67. The molecule has 1 aromatic heterocycles. The molecule has 5 heteroatoms. The second-order valence-corrected chi connectivity index (χ2v) is 6.24. The first kappa shape index (κ1) is 14.3. The van der Waals surface area contributed by atoms with Gasteiger partial charge in [0.15, 0.2) is 0 Å². The maximum absolute atomic E-state index is 12.2. The number of nitrogens with one attached hydrogen (secondary N) is 1. The second-order valence-electron chi connectivity index (χ2n) is 5.80. The number of aromatic nitrogens is 1. The van der Waals surface area contributed by atoms with E-state index in [0.717, 1.165) is 12.2 Å². The van der Waals surface area contributed by atoms with Crippen LogP contribution >= 0.6 is 11.6 Å². The molecule has 1 saturated heterocycles. The summed E-state index contributed by atoms with van der Waals surface area (Å²) in [6.07, 6.45) is 1.67. The Balaban J connectivity index is 2.15. The normalized spacial score (nSPS) is 23.4. The Morgan fingerprint density at radius 3 is 2.84 bits per heavy atom. The minimum absolute atomic E-state index is 0.0218. The van der Waals surface area contributed by atoms with Gasteiger partial charge in [0.05, 0.1) is 5.92 Å². The molecule has 1 aliphatic heterocycles. The molecule has 2 unspecified atom stereocenters. The van der Waals surface area contributed by atoms with E-state index < -0.39 is 5.60 Å². The summed E-state index contributed by atoms with van der Waals surface area (Å²) in [6, 6.07) is 3.55. The molecule has 0 saturated carbocycles. The maximum atomic E-state index is 12.2. The largest absolute Gasteiger partial charge is 0.460 e. The Labute approximate surface area is 118 Å². The zero-order valence-electron chi connectivity index (χ0n) is 11.4. The average Bonchev–Trinajstić information content (AvgIpc) is 2.75. The van der Waals surface area contributed by atoms with E-state index in [1.54, 1.807) is 12.3 Å². The lowest BCUT2D eigenvalue weighted by Gasteiger charge is -2.24. The average molecular weight is 283 g/mol. The minimum Gasteiger partial charge on any atom is -0.460 e. The third-order valence-electron chi connectivity index (χ3n) is 3.05. The van der Waals surface area contributed by atoms with Crippen molar-refractivity contribution in [1.29, 1.82) is 0 Å². The molecule has 0 radical (unpaired) electrons. The molecular weight excluding hydrogens is 264 g/mol. The lowest BCUT2D eigenvalue weighted by Crippen LogP contribution is -2.32. The second kappa shape index (κ2) is 5.47. The van der Waals surface area contributed by atoms with Gasteiger partial charge in [-0.05, 0) is 32.9 Å². The Hall–Kier alpha value is -1.13. The fraction of sp³-hybridized carbons (Fsp3) is 0.571. The van der Waals surface area contributed by atoms with Gasteiger partial charge in [0.1, 0.15) is 5.60 Å². The van der Waals surface area contributed by atoms with Crippen molar-refractivity contribution in [2.24, 2.45) is 5.92 Å². The van der Waals surface area contributed by atoms with Crippen LogP contribution in [0.1, 0.15) is 32.4 Å². The van der Waals surface area contributed by atoms with Gasteiger partial charge in [-0.25, -0.2) is 0 Å². The summed E-state index contributed by atoms with van der Waals surface area (Å²) in [5.41, 5.74) is 0.375. The summed E-state index contributed by atoms with van der Waals surface area (Å²) in [4.78, 5) is 16.5. The highest BCUT2D eigenvalue weighted by molar-refractivity contribution is 6.30. The zero-order chi connectivity index (χ0) is 14.0. The van der Waals surface area contributed by atoms with Crippen LogP contribution in [0.4, 0.5) is 0 Å².